The van der Waals surface area contributed by atoms with Crippen LogP contribution in [0.4, 0.5) is 0 Å². The van der Waals surface area contributed by atoms with Crippen molar-refractivity contribution in [1.82, 2.24) is 20.4 Å². The van der Waals surface area contributed by atoms with Gasteiger partial charge in [0, 0.05) is 18.4 Å². The Morgan fingerprint density at radius 1 is 1.35 bits per heavy atom. The van der Waals surface area contributed by atoms with Crippen molar-refractivity contribution in [2.24, 2.45) is 5.92 Å². The third kappa shape index (κ3) is 3.56. The lowest BCUT2D eigenvalue weighted by atomic mass is 9.96. The minimum absolute atomic E-state index is 0.114. The van der Waals surface area contributed by atoms with Crippen LogP contribution in [0.1, 0.15) is 45.4 Å². The van der Waals surface area contributed by atoms with Crippen molar-refractivity contribution >= 4 is 5.91 Å². The molecule has 1 aromatic rings. The molecule has 20 heavy (non-hydrogen) atoms. The molecule has 0 bridgehead atoms. The normalized spacial score (nSPS) is 18.2. The van der Waals surface area contributed by atoms with Crippen molar-refractivity contribution < 1.29 is 9.21 Å². The number of nitrogens with zero attached hydrogens (tertiary/aromatic N) is 3. The van der Waals surface area contributed by atoms with Gasteiger partial charge in [0.2, 0.25) is 17.7 Å². The molecule has 0 saturated carbocycles. The molecular weight excluding hydrogens is 256 g/mol. The van der Waals surface area contributed by atoms with Crippen LogP contribution in [0, 0.1) is 5.92 Å². The van der Waals surface area contributed by atoms with E-state index < -0.39 is 0 Å². The first-order chi connectivity index (χ1) is 9.40. The molecule has 6 heteroatoms. The summed E-state index contributed by atoms with van der Waals surface area (Å²) in [6.45, 7) is 8.62. The molecule has 0 spiro atoms. The van der Waals surface area contributed by atoms with Crippen molar-refractivity contribution in [1.29, 1.82) is 0 Å². The van der Waals surface area contributed by atoms with Gasteiger partial charge in [-0.2, -0.15) is 0 Å². The van der Waals surface area contributed by atoms with Crippen LogP contribution in [0.25, 0.3) is 0 Å². The standard InChI is InChI=1S/C14H24N4O2/c1-14(2,3)13-17-16-11(20-13)9-18-7-5-10(6-8-18)12(19)15-4/h10H,5-9H2,1-4H3,(H,15,19). The van der Waals surface area contributed by atoms with Gasteiger partial charge in [0.25, 0.3) is 0 Å². The maximum atomic E-state index is 11.6. The molecule has 0 radical (unpaired) electrons. The number of hydrogen-bond donors (Lipinski definition) is 1. The van der Waals surface area contributed by atoms with E-state index in [1.165, 1.54) is 0 Å². The van der Waals surface area contributed by atoms with E-state index in [1.54, 1.807) is 7.05 Å². The molecule has 6 nitrogen and oxygen atoms in total. The molecular formula is C14H24N4O2. The summed E-state index contributed by atoms with van der Waals surface area (Å²) < 4.78 is 5.70. The van der Waals surface area contributed by atoms with Gasteiger partial charge < -0.3 is 9.73 Å². The Balaban J connectivity index is 1.87. The number of nitrogens with one attached hydrogen (secondary N) is 1. The number of piperidine rings is 1. The van der Waals surface area contributed by atoms with Crippen molar-refractivity contribution in [3.05, 3.63) is 11.8 Å². The van der Waals surface area contributed by atoms with Crippen LogP contribution in [0.15, 0.2) is 4.42 Å². The van der Waals surface area contributed by atoms with E-state index >= 15 is 0 Å². The number of likely N-dealkylation sites (tertiary alicyclic amines) is 1. The smallest absolute Gasteiger partial charge is 0.230 e. The van der Waals surface area contributed by atoms with Gasteiger partial charge in [-0.15, -0.1) is 10.2 Å². The van der Waals surface area contributed by atoms with Gasteiger partial charge in [-0.3, -0.25) is 9.69 Å². The summed E-state index contributed by atoms with van der Waals surface area (Å²) >= 11 is 0. The molecule has 0 aliphatic carbocycles. The molecule has 1 fully saturated rings. The fourth-order valence-electron chi connectivity index (χ4n) is 2.37. The third-order valence-corrected chi connectivity index (χ3v) is 3.67. The first kappa shape index (κ1) is 15.0. The zero-order valence-electron chi connectivity index (χ0n) is 12.8. The molecule has 1 N–H and O–H groups in total. The quantitative estimate of drug-likeness (QED) is 0.904. The largest absolute Gasteiger partial charge is 0.423 e. The number of carbonyl (C=O) groups excluding carboxylic acids is 1. The number of hydrogen-bond acceptors (Lipinski definition) is 5. The van der Waals surface area contributed by atoms with Crippen molar-refractivity contribution in [3.8, 4) is 0 Å². The molecule has 1 aliphatic rings. The third-order valence-electron chi connectivity index (χ3n) is 3.67. The predicted octanol–water partition coefficient (Wildman–Crippen LogP) is 1.33. The average molecular weight is 280 g/mol. The van der Waals surface area contributed by atoms with E-state index in [2.05, 4.69) is 41.2 Å². The minimum atomic E-state index is -0.114. The SMILES string of the molecule is CNC(=O)C1CCN(Cc2nnc(C(C)(C)C)o2)CC1. The predicted molar refractivity (Wildman–Crippen MR) is 75.1 cm³/mol. The van der Waals surface area contributed by atoms with Crippen molar-refractivity contribution in [2.75, 3.05) is 20.1 Å². The van der Waals surface area contributed by atoms with E-state index in [0.717, 1.165) is 25.9 Å². The zero-order valence-corrected chi connectivity index (χ0v) is 12.8. The summed E-state index contributed by atoms with van der Waals surface area (Å²) in [6, 6.07) is 0. The van der Waals surface area contributed by atoms with Crippen LogP contribution in [-0.2, 0) is 16.8 Å². The minimum Gasteiger partial charge on any atom is -0.423 e. The van der Waals surface area contributed by atoms with Crippen molar-refractivity contribution in [3.63, 3.8) is 0 Å². The molecule has 112 valence electrons. The number of amides is 1. The highest BCUT2D eigenvalue weighted by molar-refractivity contribution is 5.78. The highest BCUT2D eigenvalue weighted by Crippen LogP contribution is 2.22. The Labute approximate surface area is 119 Å². The van der Waals surface area contributed by atoms with Crippen molar-refractivity contribution in [2.45, 2.75) is 45.6 Å². The maximum absolute atomic E-state index is 11.6. The van der Waals surface area contributed by atoms with Gasteiger partial charge >= 0.3 is 0 Å². The lowest BCUT2D eigenvalue weighted by Crippen LogP contribution is -2.39. The Bertz CT molecular complexity index is 456. The lowest BCUT2D eigenvalue weighted by molar-refractivity contribution is -0.125. The van der Waals surface area contributed by atoms with Gasteiger partial charge in [-0.25, -0.2) is 0 Å². The number of aromatic nitrogens is 2. The molecule has 0 atom stereocenters. The fraction of sp³-hybridized carbons (Fsp3) is 0.786. The van der Waals surface area contributed by atoms with Crippen LogP contribution in [0.5, 0.6) is 0 Å². The lowest BCUT2D eigenvalue weighted by Gasteiger charge is -2.29. The molecule has 1 aliphatic heterocycles. The molecule has 1 aromatic heterocycles. The first-order valence-electron chi connectivity index (χ1n) is 7.17. The zero-order chi connectivity index (χ0) is 14.8. The second-order valence-electron chi connectivity index (χ2n) is 6.42. The van der Waals surface area contributed by atoms with Gasteiger partial charge in [0.05, 0.1) is 6.54 Å². The highest BCUT2D eigenvalue weighted by Gasteiger charge is 2.26. The van der Waals surface area contributed by atoms with Crippen LogP contribution in [0.3, 0.4) is 0 Å². The van der Waals surface area contributed by atoms with E-state index in [1.807, 2.05) is 0 Å². The van der Waals surface area contributed by atoms with Gasteiger partial charge in [-0.1, -0.05) is 20.8 Å². The maximum Gasteiger partial charge on any atom is 0.230 e. The monoisotopic (exact) mass is 280 g/mol. The molecule has 1 saturated heterocycles. The molecule has 2 rings (SSSR count). The van der Waals surface area contributed by atoms with E-state index in [9.17, 15) is 4.79 Å². The summed E-state index contributed by atoms with van der Waals surface area (Å²) in [4.78, 5) is 13.8. The second-order valence-corrected chi connectivity index (χ2v) is 6.42. The highest BCUT2D eigenvalue weighted by atomic mass is 16.4. The van der Waals surface area contributed by atoms with E-state index in [4.69, 9.17) is 4.42 Å². The Morgan fingerprint density at radius 2 is 2.00 bits per heavy atom. The molecule has 1 amide bonds. The summed E-state index contributed by atoms with van der Waals surface area (Å²) in [5.41, 5.74) is -0.114. The summed E-state index contributed by atoms with van der Waals surface area (Å²) in [5, 5.41) is 10.9. The average Bonchev–Trinajstić information content (AvgIpc) is 2.87. The van der Waals surface area contributed by atoms with Gasteiger partial charge in [0.15, 0.2) is 0 Å². The molecule has 0 unspecified atom stereocenters. The Kier molecular flexibility index (Phi) is 4.42. The van der Waals surface area contributed by atoms with Crippen LogP contribution in [0.2, 0.25) is 0 Å². The Hall–Kier alpha value is -1.43. The fourth-order valence-corrected chi connectivity index (χ4v) is 2.37. The first-order valence-corrected chi connectivity index (χ1v) is 7.17. The number of carbonyl (C=O) groups is 1. The van der Waals surface area contributed by atoms with Crippen LogP contribution in [-0.4, -0.2) is 41.1 Å². The van der Waals surface area contributed by atoms with E-state index in [-0.39, 0.29) is 17.2 Å². The van der Waals surface area contributed by atoms with E-state index in [0.29, 0.717) is 18.3 Å². The number of rotatable bonds is 3. The molecule has 2 heterocycles. The molecule has 0 aromatic carbocycles. The van der Waals surface area contributed by atoms with Gasteiger partial charge in [-0.05, 0) is 25.9 Å². The second kappa shape index (κ2) is 5.91. The topological polar surface area (TPSA) is 71.3 Å². The van der Waals surface area contributed by atoms with Crippen LogP contribution >= 0.6 is 0 Å². The Morgan fingerprint density at radius 3 is 2.50 bits per heavy atom. The van der Waals surface area contributed by atoms with Gasteiger partial charge in [0.1, 0.15) is 0 Å². The summed E-state index contributed by atoms with van der Waals surface area (Å²) in [7, 11) is 1.70. The summed E-state index contributed by atoms with van der Waals surface area (Å²) in [5.74, 6) is 1.63. The van der Waals surface area contributed by atoms with Crippen LogP contribution < -0.4 is 5.32 Å². The summed E-state index contributed by atoms with van der Waals surface area (Å²) in [6.07, 6.45) is 1.78.